The third-order valence-electron chi connectivity index (χ3n) is 6.27. The van der Waals surface area contributed by atoms with Gasteiger partial charge in [-0.1, -0.05) is 37.8 Å². The second-order valence-corrected chi connectivity index (χ2v) is 11.0. The van der Waals surface area contributed by atoms with Crippen LogP contribution in [-0.2, 0) is 9.84 Å². The van der Waals surface area contributed by atoms with Crippen molar-refractivity contribution in [3.05, 3.63) is 12.2 Å². The van der Waals surface area contributed by atoms with E-state index in [4.69, 9.17) is 0 Å². The van der Waals surface area contributed by atoms with Gasteiger partial charge in [0.15, 0.2) is 15.8 Å². The number of nitrogens with one attached hydrogen (secondary N) is 2. The van der Waals surface area contributed by atoms with Crippen LogP contribution < -0.4 is 10.6 Å². The van der Waals surface area contributed by atoms with E-state index in [-0.39, 0.29) is 29.9 Å². The molecule has 7 heteroatoms. The lowest BCUT2D eigenvalue weighted by molar-refractivity contribution is 0.150. The van der Waals surface area contributed by atoms with Gasteiger partial charge in [0.2, 0.25) is 0 Å². The lowest BCUT2D eigenvalue weighted by Gasteiger charge is -2.40. The molecule has 4 unspecified atom stereocenters. The van der Waals surface area contributed by atoms with Crippen LogP contribution in [0.4, 0.5) is 0 Å². The van der Waals surface area contributed by atoms with Crippen molar-refractivity contribution in [2.45, 2.75) is 64.3 Å². The van der Waals surface area contributed by atoms with Gasteiger partial charge in [0.1, 0.15) is 0 Å². The number of hydrogen-bond donors (Lipinski definition) is 2. The quantitative estimate of drug-likeness (QED) is 0.258. The molecule has 3 aliphatic rings. The third kappa shape index (κ3) is 7.22. The fourth-order valence-corrected chi connectivity index (χ4v) is 6.70. The molecule has 2 N–H and O–H groups in total. The van der Waals surface area contributed by atoms with Gasteiger partial charge in [0.05, 0.1) is 18.1 Å². The largest absolute Gasteiger partial charge is 0.356 e. The minimum atomic E-state index is -2.82. The Bertz CT molecular complexity index is 635. The summed E-state index contributed by atoms with van der Waals surface area (Å²) in [5, 5.41) is 7.04. The van der Waals surface area contributed by atoms with Crippen LogP contribution in [0.1, 0.15) is 58.3 Å². The molecule has 3 rings (SSSR count). The number of fused-ring (bicyclic) bond motifs is 1. The van der Waals surface area contributed by atoms with Crippen molar-refractivity contribution in [2.75, 3.05) is 24.6 Å². The molecule has 2 aliphatic carbocycles. The maximum absolute atomic E-state index is 11.7. The second-order valence-electron chi connectivity index (χ2n) is 8.73. The van der Waals surface area contributed by atoms with Crippen LogP contribution in [0.15, 0.2) is 17.1 Å². The van der Waals surface area contributed by atoms with Crippen LogP contribution in [0.25, 0.3) is 0 Å². The zero-order valence-electron chi connectivity index (χ0n) is 16.6. The standard InChI is InChI=1S/C20H35N3O2S.HI/c1-15(2)12-21-20(22-13-16-9-10-26(24,25)14-16)23-19-8-7-17-5-3-4-6-18(17)11-19;/h16-19H,1,3-14H2,2H3,(H2,21,22,23);1H. The van der Waals surface area contributed by atoms with E-state index in [0.29, 0.717) is 30.6 Å². The molecule has 3 fully saturated rings. The van der Waals surface area contributed by atoms with Crippen LogP contribution in [0.5, 0.6) is 0 Å². The molecule has 0 radical (unpaired) electrons. The van der Waals surface area contributed by atoms with E-state index in [1.807, 2.05) is 6.92 Å². The summed E-state index contributed by atoms with van der Waals surface area (Å²) in [6.07, 6.45) is 10.2. The van der Waals surface area contributed by atoms with E-state index in [1.54, 1.807) is 0 Å². The predicted octanol–water partition coefficient (Wildman–Crippen LogP) is 3.51. The van der Waals surface area contributed by atoms with E-state index < -0.39 is 9.84 Å². The van der Waals surface area contributed by atoms with Gasteiger partial charge in [-0.05, 0) is 50.4 Å². The zero-order chi connectivity index (χ0) is 18.6. The van der Waals surface area contributed by atoms with Crippen LogP contribution >= 0.6 is 24.0 Å². The average Bonchev–Trinajstić information content (AvgIpc) is 2.96. The van der Waals surface area contributed by atoms with Gasteiger partial charge in [-0.3, -0.25) is 0 Å². The first-order chi connectivity index (χ1) is 12.4. The van der Waals surface area contributed by atoms with Gasteiger partial charge in [0, 0.05) is 12.6 Å². The SMILES string of the molecule is C=C(C)CN=C(NCC1CCS(=O)(=O)C1)NC1CCC2CCCCC2C1.I. The Labute approximate surface area is 182 Å². The number of guanidine groups is 1. The molecule has 1 heterocycles. The Kier molecular flexibility index (Phi) is 8.90. The number of sulfone groups is 1. The molecule has 0 bridgehead atoms. The zero-order valence-corrected chi connectivity index (χ0v) is 19.7. The smallest absolute Gasteiger partial charge is 0.191 e. The summed E-state index contributed by atoms with van der Waals surface area (Å²) in [6, 6.07) is 0.484. The molecule has 0 amide bonds. The van der Waals surface area contributed by atoms with Gasteiger partial charge >= 0.3 is 0 Å². The molecule has 2 saturated carbocycles. The summed E-state index contributed by atoms with van der Waals surface area (Å²) in [5.74, 6) is 3.48. The van der Waals surface area contributed by atoms with E-state index in [9.17, 15) is 8.42 Å². The molecule has 156 valence electrons. The van der Waals surface area contributed by atoms with Crippen molar-refractivity contribution in [1.82, 2.24) is 10.6 Å². The second kappa shape index (κ2) is 10.5. The van der Waals surface area contributed by atoms with Crippen molar-refractivity contribution in [2.24, 2.45) is 22.7 Å². The Morgan fingerprint density at radius 2 is 1.85 bits per heavy atom. The molecule has 0 aromatic heterocycles. The highest BCUT2D eigenvalue weighted by Crippen LogP contribution is 2.40. The summed E-state index contributed by atoms with van der Waals surface area (Å²) >= 11 is 0. The Balaban J connectivity index is 0.00000261. The maximum atomic E-state index is 11.7. The number of hydrogen-bond acceptors (Lipinski definition) is 3. The van der Waals surface area contributed by atoms with Crippen LogP contribution in [0, 0.1) is 17.8 Å². The maximum Gasteiger partial charge on any atom is 0.191 e. The summed E-state index contributed by atoms with van der Waals surface area (Å²) < 4.78 is 23.3. The monoisotopic (exact) mass is 509 g/mol. The lowest BCUT2D eigenvalue weighted by atomic mass is 9.69. The van der Waals surface area contributed by atoms with Crippen molar-refractivity contribution in [3.63, 3.8) is 0 Å². The molecule has 5 nitrogen and oxygen atoms in total. The van der Waals surface area contributed by atoms with Crippen LogP contribution in [0.3, 0.4) is 0 Å². The molecular formula is C20H36IN3O2S. The predicted molar refractivity (Wildman–Crippen MR) is 124 cm³/mol. The average molecular weight is 509 g/mol. The van der Waals surface area contributed by atoms with Gasteiger partial charge in [0.25, 0.3) is 0 Å². The minimum Gasteiger partial charge on any atom is -0.356 e. The molecule has 0 aromatic carbocycles. The molecule has 0 aromatic rings. The Hall–Kier alpha value is -0.310. The van der Waals surface area contributed by atoms with Crippen molar-refractivity contribution < 1.29 is 8.42 Å². The number of aliphatic imine (C=N–C) groups is 1. The first-order valence-electron chi connectivity index (χ1n) is 10.3. The summed E-state index contributed by atoms with van der Waals surface area (Å²) in [4.78, 5) is 4.66. The summed E-state index contributed by atoms with van der Waals surface area (Å²) in [7, 11) is -2.82. The Morgan fingerprint density at radius 3 is 2.52 bits per heavy atom. The fourth-order valence-electron chi connectivity index (χ4n) is 4.84. The van der Waals surface area contributed by atoms with Crippen LogP contribution in [-0.4, -0.2) is 45.0 Å². The van der Waals surface area contributed by atoms with Gasteiger partial charge < -0.3 is 10.6 Å². The van der Waals surface area contributed by atoms with Crippen molar-refractivity contribution >= 4 is 39.8 Å². The van der Waals surface area contributed by atoms with E-state index in [0.717, 1.165) is 29.8 Å². The van der Waals surface area contributed by atoms with Crippen molar-refractivity contribution in [3.8, 4) is 0 Å². The topological polar surface area (TPSA) is 70.6 Å². The minimum absolute atomic E-state index is 0. The molecular weight excluding hydrogens is 473 g/mol. The first-order valence-corrected chi connectivity index (χ1v) is 12.1. The number of nitrogens with zero attached hydrogens (tertiary/aromatic N) is 1. The lowest BCUT2D eigenvalue weighted by Crippen LogP contribution is -2.48. The molecule has 27 heavy (non-hydrogen) atoms. The highest BCUT2D eigenvalue weighted by atomic mass is 127. The van der Waals surface area contributed by atoms with E-state index in [2.05, 4.69) is 22.2 Å². The van der Waals surface area contributed by atoms with Crippen molar-refractivity contribution in [1.29, 1.82) is 0 Å². The van der Waals surface area contributed by atoms with Gasteiger partial charge in [-0.25, -0.2) is 13.4 Å². The third-order valence-corrected chi connectivity index (χ3v) is 8.11. The van der Waals surface area contributed by atoms with Crippen LogP contribution in [0.2, 0.25) is 0 Å². The molecule has 4 atom stereocenters. The van der Waals surface area contributed by atoms with E-state index in [1.165, 1.54) is 44.9 Å². The summed E-state index contributed by atoms with van der Waals surface area (Å²) in [5.41, 5.74) is 1.03. The van der Waals surface area contributed by atoms with Gasteiger partial charge in [-0.2, -0.15) is 0 Å². The number of rotatable bonds is 5. The first kappa shape index (κ1) is 23.0. The number of halogens is 1. The van der Waals surface area contributed by atoms with Gasteiger partial charge in [-0.15, -0.1) is 24.0 Å². The highest BCUT2D eigenvalue weighted by Gasteiger charge is 2.33. The summed E-state index contributed by atoms with van der Waals surface area (Å²) in [6.45, 7) is 7.22. The normalized spacial score (nSPS) is 32.9. The fraction of sp³-hybridized carbons (Fsp3) is 0.850. The molecule has 1 saturated heterocycles. The van der Waals surface area contributed by atoms with E-state index >= 15 is 0 Å². The highest BCUT2D eigenvalue weighted by molar-refractivity contribution is 14.0. The Morgan fingerprint density at radius 1 is 1.11 bits per heavy atom. The molecule has 0 spiro atoms. The molecule has 1 aliphatic heterocycles.